The molecule has 0 amide bonds. The van der Waals surface area contributed by atoms with Crippen molar-refractivity contribution >= 4 is 11.8 Å². The van der Waals surface area contributed by atoms with Crippen LogP contribution in [0.4, 0.5) is 0 Å². The number of ether oxygens (including phenoxy) is 1. The molecule has 0 aromatic carbocycles. The summed E-state index contributed by atoms with van der Waals surface area (Å²) in [6.45, 7) is 2.52. The van der Waals surface area contributed by atoms with E-state index in [1.54, 1.807) is 24.2 Å². The monoisotopic (exact) mass is 267 g/mol. The Morgan fingerprint density at radius 1 is 1.39 bits per heavy atom. The van der Waals surface area contributed by atoms with E-state index in [0.717, 1.165) is 30.3 Å². The molecule has 0 saturated carbocycles. The Labute approximate surface area is 113 Å². The zero-order valence-electron chi connectivity index (χ0n) is 10.9. The highest BCUT2D eigenvalue weighted by molar-refractivity contribution is 7.98. The molecule has 1 N–H and O–H groups in total. The van der Waals surface area contributed by atoms with Crippen molar-refractivity contribution in [3.05, 3.63) is 18.1 Å². The first-order valence-electron chi connectivity index (χ1n) is 6.55. The number of nitrogens with zero attached hydrogens (tertiary/aromatic N) is 2. The van der Waals surface area contributed by atoms with Crippen LogP contribution in [0.15, 0.2) is 17.4 Å². The van der Waals surface area contributed by atoms with Gasteiger partial charge >= 0.3 is 0 Å². The van der Waals surface area contributed by atoms with Crippen LogP contribution < -0.4 is 5.32 Å². The van der Waals surface area contributed by atoms with Crippen molar-refractivity contribution in [1.29, 1.82) is 0 Å². The lowest BCUT2D eigenvalue weighted by Gasteiger charge is -2.23. The number of thioether (sulfide) groups is 1. The molecule has 0 aliphatic carbocycles. The van der Waals surface area contributed by atoms with Gasteiger partial charge in [0.1, 0.15) is 5.03 Å². The minimum atomic E-state index is 0.566. The number of hydrogen-bond donors (Lipinski definition) is 1. The van der Waals surface area contributed by atoms with Gasteiger partial charge in [-0.3, -0.25) is 4.98 Å². The van der Waals surface area contributed by atoms with E-state index < -0.39 is 0 Å². The quantitative estimate of drug-likeness (QED) is 0.633. The normalized spacial score (nSPS) is 19.9. The van der Waals surface area contributed by atoms with Crippen LogP contribution in [0.1, 0.15) is 31.4 Å². The number of nitrogens with one attached hydrogen (secondary N) is 1. The van der Waals surface area contributed by atoms with E-state index in [-0.39, 0.29) is 0 Å². The maximum atomic E-state index is 5.71. The van der Waals surface area contributed by atoms with E-state index in [2.05, 4.69) is 15.3 Å². The number of hydrogen-bond acceptors (Lipinski definition) is 5. The van der Waals surface area contributed by atoms with E-state index >= 15 is 0 Å². The van der Waals surface area contributed by atoms with Gasteiger partial charge in [-0.15, -0.1) is 11.8 Å². The molecule has 0 unspecified atom stereocenters. The van der Waals surface area contributed by atoms with Gasteiger partial charge in [-0.2, -0.15) is 0 Å². The Hall–Kier alpha value is -0.650. The third kappa shape index (κ3) is 4.23. The SMILES string of the molecule is CSc1nccnc1COCC[C@H]1CCCCN1. The van der Waals surface area contributed by atoms with E-state index in [4.69, 9.17) is 4.74 Å². The van der Waals surface area contributed by atoms with Crippen molar-refractivity contribution in [1.82, 2.24) is 15.3 Å². The molecule has 1 atom stereocenters. The van der Waals surface area contributed by atoms with E-state index in [1.807, 2.05) is 6.26 Å². The summed E-state index contributed by atoms with van der Waals surface area (Å²) in [7, 11) is 0. The highest BCUT2D eigenvalue weighted by Crippen LogP contribution is 2.16. The molecule has 1 aromatic rings. The second-order valence-electron chi connectivity index (χ2n) is 4.50. The fraction of sp³-hybridized carbons (Fsp3) is 0.692. The van der Waals surface area contributed by atoms with E-state index in [1.165, 1.54) is 19.3 Å². The highest BCUT2D eigenvalue weighted by Gasteiger charge is 2.12. The van der Waals surface area contributed by atoms with Crippen LogP contribution in [0.3, 0.4) is 0 Å². The van der Waals surface area contributed by atoms with Crippen LogP contribution in [0.2, 0.25) is 0 Å². The molecular weight excluding hydrogens is 246 g/mol. The maximum Gasteiger partial charge on any atom is 0.120 e. The summed E-state index contributed by atoms with van der Waals surface area (Å²) in [6.07, 6.45) is 10.5. The lowest BCUT2D eigenvalue weighted by molar-refractivity contribution is 0.104. The summed E-state index contributed by atoms with van der Waals surface area (Å²) < 4.78 is 5.71. The summed E-state index contributed by atoms with van der Waals surface area (Å²) in [4.78, 5) is 8.58. The number of aromatic nitrogens is 2. The van der Waals surface area contributed by atoms with Crippen LogP contribution in [-0.2, 0) is 11.3 Å². The summed E-state index contributed by atoms with van der Waals surface area (Å²) >= 11 is 1.62. The lowest BCUT2D eigenvalue weighted by atomic mass is 10.0. The van der Waals surface area contributed by atoms with Crippen LogP contribution in [0.5, 0.6) is 0 Å². The fourth-order valence-corrected chi connectivity index (χ4v) is 2.70. The molecule has 0 radical (unpaired) electrons. The zero-order valence-corrected chi connectivity index (χ0v) is 11.7. The van der Waals surface area contributed by atoms with Crippen molar-refractivity contribution in [2.45, 2.75) is 43.4 Å². The first kappa shape index (κ1) is 13.8. The van der Waals surface area contributed by atoms with Gasteiger partial charge in [-0.1, -0.05) is 6.42 Å². The Balaban J connectivity index is 1.68. The van der Waals surface area contributed by atoms with Crippen LogP contribution in [0.25, 0.3) is 0 Å². The molecular formula is C13H21N3OS. The first-order chi connectivity index (χ1) is 8.90. The standard InChI is InChI=1S/C13H21N3OS/c1-18-13-12(15-7-8-16-13)10-17-9-5-11-4-2-3-6-14-11/h7-8,11,14H,2-6,9-10H2,1H3/t11-/m1/s1. The van der Waals surface area contributed by atoms with Gasteiger partial charge in [0.15, 0.2) is 0 Å². The van der Waals surface area contributed by atoms with Gasteiger partial charge in [0.05, 0.1) is 12.3 Å². The maximum absolute atomic E-state index is 5.71. The molecule has 1 fully saturated rings. The molecule has 18 heavy (non-hydrogen) atoms. The van der Waals surface area contributed by atoms with Crippen LogP contribution >= 0.6 is 11.8 Å². The van der Waals surface area contributed by atoms with Crippen LogP contribution in [0, 0.1) is 0 Å². The molecule has 4 nitrogen and oxygen atoms in total. The molecule has 1 aliphatic heterocycles. The van der Waals surface area contributed by atoms with Gasteiger partial charge in [0.25, 0.3) is 0 Å². The van der Waals surface area contributed by atoms with Crippen molar-refractivity contribution in [2.24, 2.45) is 0 Å². The molecule has 1 aliphatic rings. The summed E-state index contributed by atoms with van der Waals surface area (Å²) in [5, 5.41) is 4.49. The summed E-state index contributed by atoms with van der Waals surface area (Å²) in [6, 6.07) is 0.639. The van der Waals surface area contributed by atoms with Crippen molar-refractivity contribution in [2.75, 3.05) is 19.4 Å². The van der Waals surface area contributed by atoms with Gasteiger partial charge < -0.3 is 10.1 Å². The molecule has 5 heteroatoms. The predicted molar refractivity (Wildman–Crippen MR) is 73.7 cm³/mol. The van der Waals surface area contributed by atoms with Crippen molar-refractivity contribution in [3.63, 3.8) is 0 Å². The minimum Gasteiger partial charge on any atom is -0.375 e. The second kappa shape index (κ2) is 7.71. The molecule has 1 aromatic heterocycles. The summed E-state index contributed by atoms with van der Waals surface area (Å²) in [5.41, 5.74) is 0.946. The van der Waals surface area contributed by atoms with Gasteiger partial charge in [0.2, 0.25) is 0 Å². The molecule has 0 bridgehead atoms. The van der Waals surface area contributed by atoms with Crippen LogP contribution in [-0.4, -0.2) is 35.4 Å². The van der Waals surface area contributed by atoms with Crippen molar-refractivity contribution < 1.29 is 4.74 Å². The van der Waals surface area contributed by atoms with E-state index in [9.17, 15) is 0 Å². The third-order valence-electron chi connectivity index (χ3n) is 3.19. The van der Waals surface area contributed by atoms with E-state index in [0.29, 0.717) is 12.6 Å². The smallest absolute Gasteiger partial charge is 0.120 e. The fourth-order valence-electron chi connectivity index (χ4n) is 2.19. The third-order valence-corrected chi connectivity index (χ3v) is 3.92. The van der Waals surface area contributed by atoms with Crippen molar-refractivity contribution in [3.8, 4) is 0 Å². The molecule has 2 heterocycles. The number of piperidine rings is 1. The highest BCUT2D eigenvalue weighted by atomic mass is 32.2. The lowest BCUT2D eigenvalue weighted by Crippen LogP contribution is -2.34. The Morgan fingerprint density at radius 2 is 2.28 bits per heavy atom. The molecule has 0 spiro atoms. The first-order valence-corrected chi connectivity index (χ1v) is 7.77. The Kier molecular flexibility index (Phi) is 5.90. The zero-order chi connectivity index (χ0) is 12.6. The molecule has 100 valence electrons. The average molecular weight is 267 g/mol. The Morgan fingerprint density at radius 3 is 3.06 bits per heavy atom. The second-order valence-corrected chi connectivity index (χ2v) is 5.30. The summed E-state index contributed by atoms with van der Waals surface area (Å²) in [5.74, 6) is 0. The van der Waals surface area contributed by atoms with Gasteiger partial charge in [-0.25, -0.2) is 4.98 Å². The molecule has 2 rings (SSSR count). The Bertz CT molecular complexity index is 356. The minimum absolute atomic E-state index is 0.566. The molecule has 1 saturated heterocycles. The number of rotatable bonds is 6. The predicted octanol–water partition coefficient (Wildman–Crippen LogP) is 2.25. The van der Waals surface area contributed by atoms with Gasteiger partial charge in [-0.05, 0) is 32.1 Å². The van der Waals surface area contributed by atoms with Gasteiger partial charge in [0, 0.05) is 25.0 Å². The topological polar surface area (TPSA) is 47.0 Å². The largest absolute Gasteiger partial charge is 0.375 e. The average Bonchev–Trinajstić information content (AvgIpc) is 2.45.